The molecular formula is C15H18N2O. The van der Waals surface area contributed by atoms with E-state index in [1.54, 1.807) is 6.21 Å². The van der Waals surface area contributed by atoms with E-state index in [2.05, 4.69) is 55.9 Å². The minimum atomic E-state index is -0.404. The zero-order chi connectivity index (χ0) is 13.3. The second kappa shape index (κ2) is 4.84. The van der Waals surface area contributed by atoms with Gasteiger partial charge >= 0.3 is 6.03 Å². The summed E-state index contributed by atoms with van der Waals surface area (Å²) in [5.74, 6) is 0.788. The summed E-state index contributed by atoms with van der Waals surface area (Å²) in [6.07, 6.45) is 1.58. The van der Waals surface area contributed by atoms with Crippen LogP contribution in [0.5, 0.6) is 0 Å². The van der Waals surface area contributed by atoms with E-state index in [4.69, 9.17) is 0 Å². The van der Waals surface area contributed by atoms with Gasteiger partial charge < -0.3 is 0 Å². The lowest BCUT2D eigenvalue weighted by Gasteiger charge is -2.18. The third-order valence-corrected chi connectivity index (χ3v) is 3.14. The Morgan fingerprint density at radius 3 is 1.94 bits per heavy atom. The second-order valence-electron chi connectivity index (χ2n) is 5.16. The Hall–Kier alpha value is -1.77. The van der Waals surface area contributed by atoms with Gasteiger partial charge in [-0.15, -0.1) is 0 Å². The molecule has 0 aliphatic carbocycles. The normalized spacial score (nSPS) is 14.8. The fraction of sp³-hybridized carbons (Fsp3) is 0.400. The van der Waals surface area contributed by atoms with Crippen molar-refractivity contribution in [2.45, 2.75) is 39.5 Å². The van der Waals surface area contributed by atoms with E-state index < -0.39 is 6.03 Å². The minimum Gasteiger partial charge on any atom is -0.244 e. The van der Waals surface area contributed by atoms with Crippen molar-refractivity contribution in [1.82, 2.24) is 0 Å². The molecule has 1 aliphatic heterocycles. The number of nitrogens with zero attached hydrogens (tertiary/aromatic N) is 2. The lowest BCUT2D eigenvalue weighted by atomic mass is 9.86. The van der Waals surface area contributed by atoms with E-state index in [1.807, 2.05) is 0 Å². The maximum Gasteiger partial charge on any atom is 0.367 e. The lowest BCUT2D eigenvalue weighted by molar-refractivity contribution is 0.257. The van der Waals surface area contributed by atoms with Crippen molar-refractivity contribution in [2.24, 2.45) is 9.98 Å². The van der Waals surface area contributed by atoms with Crippen LogP contribution in [-0.2, 0) is 0 Å². The van der Waals surface area contributed by atoms with Gasteiger partial charge in [-0.2, -0.15) is 9.98 Å². The van der Waals surface area contributed by atoms with Crippen molar-refractivity contribution in [3.05, 3.63) is 34.9 Å². The molecule has 3 nitrogen and oxygen atoms in total. The first-order chi connectivity index (χ1) is 8.50. The monoisotopic (exact) mass is 242 g/mol. The van der Waals surface area contributed by atoms with Gasteiger partial charge in [-0.25, -0.2) is 4.79 Å². The molecular weight excluding hydrogens is 224 g/mol. The molecule has 1 aromatic carbocycles. The number of carbonyl (C=O) groups excluding carboxylic acids is 1. The molecule has 0 aromatic heterocycles. The summed E-state index contributed by atoms with van der Waals surface area (Å²) in [5.41, 5.74) is 4.23. The standard InChI is InChI=1S/C15H18N2O/c1-9(2)11-6-5-7-12(10(3)4)14(11)13-8-16-15(18)17-13/h5-10H,1-4H3. The third kappa shape index (κ3) is 2.26. The smallest absolute Gasteiger partial charge is 0.244 e. The van der Waals surface area contributed by atoms with Crippen LogP contribution in [0.15, 0.2) is 28.2 Å². The topological polar surface area (TPSA) is 41.8 Å². The number of aliphatic imine (C=N–C) groups is 2. The highest BCUT2D eigenvalue weighted by Gasteiger charge is 2.20. The molecule has 2 amide bonds. The first kappa shape index (κ1) is 12.7. The average Bonchev–Trinajstić information content (AvgIpc) is 2.74. The molecule has 0 radical (unpaired) electrons. The quantitative estimate of drug-likeness (QED) is 0.791. The second-order valence-corrected chi connectivity index (χ2v) is 5.16. The van der Waals surface area contributed by atoms with Crippen LogP contribution in [-0.4, -0.2) is 18.0 Å². The molecule has 2 rings (SSSR count). The number of urea groups is 1. The van der Waals surface area contributed by atoms with Crippen LogP contribution in [0.25, 0.3) is 0 Å². The number of amides is 2. The average molecular weight is 242 g/mol. The molecule has 1 heterocycles. The predicted octanol–water partition coefficient (Wildman–Crippen LogP) is 3.93. The van der Waals surface area contributed by atoms with Crippen molar-refractivity contribution in [1.29, 1.82) is 0 Å². The highest BCUT2D eigenvalue weighted by atomic mass is 16.2. The molecule has 0 atom stereocenters. The van der Waals surface area contributed by atoms with Gasteiger partial charge in [0.1, 0.15) is 0 Å². The van der Waals surface area contributed by atoms with Crippen LogP contribution < -0.4 is 0 Å². The zero-order valence-electron chi connectivity index (χ0n) is 11.3. The van der Waals surface area contributed by atoms with Gasteiger partial charge in [0.25, 0.3) is 0 Å². The summed E-state index contributed by atoms with van der Waals surface area (Å²) in [6, 6.07) is 5.87. The summed E-state index contributed by atoms with van der Waals surface area (Å²) in [4.78, 5) is 18.9. The Morgan fingerprint density at radius 2 is 1.56 bits per heavy atom. The van der Waals surface area contributed by atoms with Gasteiger partial charge in [0.2, 0.25) is 0 Å². The lowest BCUT2D eigenvalue weighted by Crippen LogP contribution is -2.11. The van der Waals surface area contributed by atoms with Crippen LogP contribution in [0.4, 0.5) is 4.79 Å². The van der Waals surface area contributed by atoms with Crippen molar-refractivity contribution in [2.75, 3.05) is 0 Å². The van der Waals surface area contributed by atoms with Crippen LogP contribution in [0.1, 0.15) is 56.2 Å². The Labute approximate surface area is 108 Å². The van der Waals surface area contributed by atoms with Crippen molar-refractivity contribution in [3.63, 3.8) is 0 Å². The Bertz CT molecular complexity index is 513. The Kier molecular flexibility index (Phi) is 3.41. The molecule has 0 unspecified atom stereocenters. The summed E-state index contributed by atoms with van der Waals surface area (Å²) in [6.45, 7) is 8.60. The van der Waals surface area contributed by atoms with Gasteiger partial charge in [-0.3, -0.25) is 0 Å². The molecule has 3 heteroatoms. The van der Waals surface area contributed by atoms with E-state index in [1.165, 1.54) is 11.1 Å². The van der Waals surface area contributed by atoms with E-state index in [0.29, 0.717) is 17.5 Å². The van der Waals surface area contributed by atoms with Crippen molar-refractivity contribution in [3.8, 4) is 0 Å². The number of hydrogen-bond acceptors (Lipinski definition) is 1. The van der Waals surface area contributed by atoms with Crippen molar-refractivity contribution < 1.29 is 4.79 Å². The van der Waals surface area contributed by atoms with E-state index in [9.17, 15) is 4.79 Å². The molecule has 0 fully saturated rings. The van der Waals surface area contributed by atoms with Gasteiger partial charge in [0.15, 0.2) is 0 Å². The molecule has 0 N–H and O–H groups in total. The molecule has 0 saturated heterocycles. The van der Waals surface area contributed by atoms with Crippen LogP contribution in [0, 0.1) is 0 Å². The molecule has 0 bridgehead atoms. The largest absolute Gasteiger partial charge is 0.367 e. The van der Waals surface area contributed by atoms with Gasteiger partial charge in [-0.05, 0) is 23.0 Å². The number of benzene rings is 1. The first-order valence-electron chi connectivity index (χ1n) is 6.30. The van der Waals surface area contributed by atoms with Crippen molar-refractivity contribution >= 4 is 18.0 Å². The summed E-state index contributed by atoms with van der Waals surface area (Å²) >= 11 is 0. The van der Waals surface area contributed by atoms with Gasteiger partial charge in [-0.1, -0.05) is 45.9 Å². The molecule has 1 aliphatic rings. The number of rotatable bonds is 3. The molecule has 0 saturated carbocycles. The molecule has 0 spiro atoms. The van der Waals surface area contributed by atoms with E-state index in [0.717, 1.165) is 5.56 Å². The maximum atomic E-state index is 11.2. The summed E-state index contributed by atoms with van der Waals surface area (Å²) < 4.78 is 0. The highest BCUT2D eigenvalue weighted by molar-refractivity contribution is 6.44. The molecule has 1 aromatic rings. The predicted molar refractivity (Wildman–Crippen MR) is 75.0 cm³/mol. The van der Waals surface area contributed by atoms with E-state index in [-0.39, 0.29) is 0 Å². The number of carbonyl (C=O) groups is 1. The number of hydrogen-bond donors (Lipinski definition) is 0. The highest BCUT2D eigenvalue weighted by Crippen LogP contribution is 2.28. The fourth-order valence-corrected chi connectivity index (χ4v) is 2.24. The maximum absolute atomic E-state index is 11.2. The fourth-order valence-electron chi connectivity index (χ4n) is 2.24. The summed E-state index contributed by atoms with van der Waals surface area (Å²) in [7, 11) is 0. The minimum absolute atomic E-state index is 0.394. The van der Waals surface area contributed by atoms with Gasteiger partial charge in [0, 0.05) is 5.56 Å². The SMILES string of the molecule is CC(C)c1cccc(C(C)C)c1C1=NC(=O)N=C1. The zero-order valence-corrected chi connectivity index (χ0v) is 11.3. The molecule has 94 valence electrons. The first-order valence-corrected chi connectivity index (χ1v) is 6.30. The third-order valence-electron chi connectivity index (χ3n) is 3.14. The van der Waals surface area contributed by atoms with Crippen LogP contribution in [0.2, 0.25) is 0 Å². The van der Waals surface area contributed by atoms with E-state index >= 15 is 0 Å². The summed E-state index contributed by atoms with van der Waals surface area (Å²) in [5, 5.41) is 0. The van der Waals surface area contributed by atoms with Crippen LogP contribution in [0.3, 0.4) is 0 Å². The van der Waals surface area contributed by atoms with Crippen LogP contribution >= 0.6 is 0 Å². The molecule has 18 heavy (non-hydrogen) atoms. The van der Waals surface area contributed by atoms with Gasteiger partial charge in [0.05, 0.1) is 11.9 Å². The Balaban J connectivity index is 2.65. The Morgan fingerprint density at radius 1 is 1.00 bits per heavy atom.